The first-order chi connectivity index (χ1) is 13.4. The molecule has 3 heterocycles. The molecule has 0 spiro atoms. The van der Waals surface area contributed by atoms with Crippen LogP contribution < -0.4 is 10.5 Å². The van der Waals surface area contributed by atoms with Gasteiger partial charge in [0.05, 0.1) is 17.5 Å². The third-order valence-corrected chi connectivity index (χ3v) is 7.50. The van der Waals surface area contributed by atoms with Gasteiger partial charge in [0.2, 0.25) is 15.9 Å². The fraction of sp³-hybridized carbons (Fsp3) is 0.211. The lowest BCUT2D eigenvalue weighted by molar-refractivity contribution is -0.117. The average Bonchev–Trinajstić information content (AvgIpc) is 3.32. The molecule has 0 saturated carbocycles. The summed E-state index contributed by atoms with van der Waals surface area (Å²) in [7, 11) is -3.81. The number of nitrogens with one attached hydrogen (secondary N) is 1. The minimum atomic E-state index is -3.81. The Morgan fingerprint density at radius 2 is 2.04 bits per heavy atom. The third-order valence-electron chi connectivity index (χ3n) is 4.67. The zero-order valence-corrected chi connectivity index (χ0v) is 17.3. The predicted molar refractivity (Wildman–Crippen MR) is 112 cm³/mol. The standard InChI is InChI=1S/C19H19N3O3S3/c20-28(24,25)14-4-1-3-13(11-14)21-18(23)12-22-8-6-16-15(7-10-27-16)19(22)17-5-2-9-26-17/h1-5,7,9-11,19H,6,8,12H2,(H,21,23)(H2,20,24,25)/t19-/m1/s1. The number of benzene rings is 1. The summed E-state index contributed by atoms with van der Waals surface area (Å²) in [5.74, 6) is -0.188. The number of primary sulfonamides is 1. The van der Waals surface area contributed by atoms with Crippen molar-refractivity contribution < 1.29 is 13.2 Å². The highest BCUT2D eigenvalue weighted by Gasteiger charge is 2.31. The molecule has 9 heteroatoms. The summed E-state index contributed by atoms with van der Waals surface area (Å²) in [5, 5.41) is 12.1. The zero-order valence-electron chi connectivity index (χ0n) is 14.9. The van der Waals surface area contributed by atoms with Crippen LogP contribution in [0.3, 0.4) is 0 Å². The first-order valence-electron chi connectivity index (χ1n) is 8.68. The number of carbonyl (C=O) groups is 1. The van der Waals surface area contributed by atoms with Crippen molar-refractivity contribution in [2.75, 3.05) is 18.4 Å². The second-order valence-corrected chi connectivity index (χ2v) is 10.1. The van der Waals surface area contributed by atoms with Crippen LogP contribution in [0.1, 0.15) is 21.4 Å². The highest BCUT2D eigenvalue weighted by atomic mass is 32.2. The van der Waals surface area contributed by atoms with E-state index in [1.54, 1.807) is 34.8 Å². The van der Waals surface area contributed by atoms with Crippen LogP contribution in [0.15, 0.2) is 58.1 Å². The van der Waals surface area contributed by atoms with Crippen LogP contribution in [0.5, 0.6) is 0 Å². The summed E-state index contributed by atoms with van der Waals surface area (Å²) in [4.78, 5) is 17.4. The Labute approximate surface area is 171 Å². The molecule has 1 amide bonds. The number of anilines is 1. The van der Waals surface area contributed by atoms with E-state index in [4.69, 9.17) is 5.14 Å². The molecule has 0 saturated heterocycles. The maximum Gasteiger partial charge on any atom is 0.238 e. The highest BCUT2D eigenvalue weighted by Crippen LogP contribution is 2.39. The van der Waals surface area contributed by atoms with E-state index >= 15 is 0 Å². The summed E-state index contributed by atoms with van der Waals surface area (Å²) in [6.45, 7) is 1.01. The molecule has 0 unspecified atom stereocenters. The van der Waals surface area contributed by atoms with Crippen LogP contribution in [0.4, 0.5) is 5.69 Å². The van der Waals surface area contributed by atoms with Crippen molar-refractivity contribution in [3.05, 3.63) is 68.5 Å². The van der Waals surface area contributed by atoms with Crippen molar-refractivity contribution in [1.29, 1.82) is 0 Å². The zero-order chi connectivity index (χ0) is 19.7. The Bertz CT molecular complexity index is 1090. The molecule has 146 valence electrons. The monoisotopic (exact) mass is 433 g/mol. The molecule has 1 aliphatic rings. The minimum Gasteiger partial charge on any atom is -0.325 e. The summed E-state index contributed by atoms with van der Waals surface area (Å²) < 4.78 is 23.0. The first kappa shape index (κ1) is 19.3. The van der Waals surface area contributed by atoms with E-state index in [9.17, 15) is 13.2 Å². The maximum atomic E-state index is 12.7. The second-order valence-electron chi connectivity index (χ2n) is 6.56. The van der Waals surface area contributed by atoms with E-state index in [0.29, 0.717) is 5.69 Å². The molecule has 28 heavy (non-hydrogen) atoms. The second kappa shape index (κ2) is 7.76. The molecule has 1 aromatic carbocycles. The van der Waals surface area contributed by atoms with Crippen molar-refractivity contribution in [2.45, 2.75) is 17.4 Å². The van der Waals surface area contributed by atoms with E-state index in [1.807, 2.05) is 11.4 Å². The normalized spacial score (nSPS) is 17.2. The van der Waals surface area contributed by atoms with Crippen molar-refractivity contribution >= 4 is 44.3 Å². The van der Waals surface area contributed by atoms with Crippen LogP contribution in [-0.2, 0) is 21.2 Å². The molecule has 0 radical (unpaired) electrons. The molecule has 1 atom stereocenters. The van der Waals surface area contributed by atoms with Gasteiger partial charge in [-0.1, -0.05) is 12.1 Å². The third kappa shape index (κ3) is 4.03. The largest absolute Gasteiger partial charge is 0.325 e. The van der Waals surface area contributed by atoms with Crippen LogP contribution >= 0.6 is 22.7 Å². The number of hydrogen-bond donors (Lipinski definition) is 2. The lowest BCUT2D eigenvalue weighted by Crippen LogP contribution is -2.40. The topological polar surface area (TPSA) is 92.5 Å². The molecule has 0 bridgehead atoms. The first-order valence-corrected chi connectivity index (χ1v) is 12.0. The fourth-order valence-electron chi connectivity index (χ4n) is 3.45. The number of nitrogens with zero attached hydrogens (tertiary/aromatic N) is 1. The molecular weight excluding hydrogens is 414 g/mol. The Kier molecular flexibility index (Phi) is 5.35. The number of hydrogen-bond acceptors (Lipinski definition) is 6. The van der Waals surface area contributed by atoms with Crippen molar-refractivity contribution in [3.8, 4) is 0 Å². The van der Waals surface area contributed by atoms with Crippen molar-refractivity contribution in [3.63, 3.8) is 0 Å². The summed E-state index contributed by atoms with van der Waals surface area (Å²) in [5.41, 5.74) is 1.68. The molecule has 0 fully saturated rings. The quantitative estimate of drug-likeness (QED) is 0.647. The van der Waals surface area contributed by atoms with Gasteiger partial charge in [-0.25, -0.2) is 13.6 Å². The highest BCUT2D eigenvalue weighted by molar-refractivity contribution is 7.89. The molecule has 0 aliphatic carbocycles. The van der Waals surface area contributed by atoms with Crippen LogP contribution in [-0.4, -0.2) is 32.3 Å². The summed E-state index contributed by atoms with van der Waals surface area (Å²) >= 11 is 3.45. The Morgan fingerprint density at radius 3 is 2.79 bits per heavy atom. The van der Waals surface area contributed by atoms with E-state index in [2.05, 4.69) is 27.7 Å². The van der Waals surface area contributed by atoms with Crippen LogP contribution in [0.2, 0.25) is 0 Å². The van der Waals surface area contributed by atoms with Gasteiger partial charge in [0.25, 0.3) is 0 Å². The van der Waals surface area contributed by atoms with Crippen LogP contribution in [0, 0.1) is 0 Å². The Morgan fingerprint density at radius 1 is 1.18 bits per heavy atom. The number of sulfonamides is 1. The van der Waals surface area contributed by atoms with Gasteiger partial charge in [-0.05, 0) is 53.1 Å². The molecule has 1 aliphatic heterocycles. The number of amides is 1. The predicted octanol–water partition coefficient (Wildman–Crippen LogP) is 3.04. The summed E-state index contributed by atoms with van der Waals surface area (Å²) in [6.07, 6.45) is 0.920. The van der Waals surface area contributed by atoms with Crippen molar-refractivity contribution in [1.82, 2.24) is 4.90 Å². The van der Waals surface area contributed by atoms with Gasteiger partial charge < -0.3 is 5.32 Å². The summed E-state index contributed by atoms with van der Waals surface area (Å²) in [6, 6.07) is 12.3. The van der Waals surface area contributed by atoms with E-state index in [1.165, 1.54) is 27.5 Å². The van der Waals surface area contributed by atoms with Gasteiger partial charge in [-0.15, -0.1) is 22.7 Å². The van der Waals surface area contributed by atoms with Gasteiger partial charge in [0.1, 0.15) is 0 Å². The number of nitrogens with two attached hydrogens (primary N) is 1. The number of thiophene rings is 2. The van der Waals surface area contributed by atoms with Gasteiger partial charge in [0.15, 0.2) is 0 Å². The smallest absolute Gasteiger partial charge is 0.238 e. The SMILES string of the molecule is NS(=O)(=O)c1cccc(NC(=O)CN2CCc3sccc3[C@@H]2c2cccs2)c1. The van der Waals surface area contributed by atoms with Gasteiger partial charge in [-0.2, -0.15) is 0 Å². The maximum absolute atomic E-state index is 12.7. The Hall–Kier alpha value is -2.04. The van der Waals surface area contributed by atoms with Gasteiger partial charge >= 0.3 is 0 Å². The molecule has 3 N–H and O–H groups in total. The van der Waals surface area contributed by atoms with E-state index < -0.39 is 10.0 Å². The molecule has 4 rings (SSSR count). The molecule has 3 aromatic rings. The van der Waals surface area contributed by atoms with E-state index in [0.717, 1.165) is 13.0 Å². The number of rotatable bonds is 5. The fourth-order valence-corrected chi connectivity index (χ4v) is 5.79. The average molecular weight is 434 g/mol. The van der Waals surface area contributed by atoms with E-state index in [-0.39, 0.29) is 23.4 Å². The van der Waals surface area contributed by atoms with Gasteiger partial charge in [-0.3, -0.25) is 9.69 Å². The van der Waals surface area contributed by atoms with Crippen molar-refractivity contribution in [2.24, 2.45) is 5.14 Å². The molecular formula is C19H19N3O3S3. The number of carbonyl (C=O) groups excluding carboxylic acids is 1. The minimum absolute atomic E-state index is 0.0253. The number of fused-ring (bicyclic) bond motifs is 1. The molecule has 2 aromatic heterocycles. The Balaban J connectivity index is 1.53. The van der Waals surface area contributed by atoms with Gasteiger partial charge in [0, 0.05) is 22.0 Å². The lowest BCUT2D eigenvalue weighted by Gasteiger charge is -2.34. The van der Waals surface area contributed by atoms with Crippen LogP contribution in [0.25, 0.3) is 0 Å². The lowest BCUT2D eigenvalue weighted by atomic mass is 9.98. The molecule has 6 nitrogen and oxygen atoms in total.